The van der Waals surface area contributed by atoms with Gasteiger partial charge in [-0.3, -0.25) is 9.69 Å². The molecule has 1 fully saturated rings. The Morgan fingerprint density at radius 2 is 1.66 bits per heavy atom. The maximum absolute atomic E-state index is 13.1. The van der Waals surface area contributed by atoms with Crippen molar-refractivity contribution in [3.8, 4) is 11.3 Å². The molecule has 5 heteroatoms. The minimum Gasteiger partial charge on any atom is -0.456 e. The van der Waals surface area contributed by atoms with Gasteiger partial charge in [0.1, 0.15) is 11.3 Å². The molecule has 1 aromatic heterocycles. The summed E-state index contributed by atoms with van der Waals surface area (Å²) < 4.78 is 6.29. The fraction of sp³-hybridized carbons (Fsp3) is 0.167. The highest BCUT2D eigenvalue weighted by molar-refractivity contribution is 6.08. The number of carbonyl (C=O) groups is 1. The average Bonchev–Trinajstić information content (AvgIpc) is 3.35. The van der Waals surface area contributed by atoms with E-state index in [0.29, 0.717) is 5.56 Å². The molecule has 4 aromatic carbocycles. The van der Waals surface area contributed by atoms with E-state index in [4.69, 9.17) is 4.42 Å². The van der Waals surface area contributed by atoms with Gasteiger partial charge in [-0.05, 0) is 52.7 Å². The van der Waals surface area contributed by atoms with Gasteiger partial charge in [-0.2, -0.15) is 0 Å². The number of nitrogens with zero attached hydrogens (tertiary/aromatic N) is 1. The highest BCUT2D eigenvalue weighted by Gasteiger charge is 2.17. The molecule has 6 rings (SSSR count). The van der Waals surface area contributed by atoms with Gasteiger partial charge < -0.3 is 15.1 Å². The lowest BCUT2D eigenvalue weighted by Gasteiger charge is -2.27. The number of hydrogen-bond acceptors (Lipinski definition) is 4. The number of piperazine rings is 1. The summed E-state index contributed by atoms with van der Waals surface area (Å²) in [5.74, 6) is 0.612. The third-order valence-corrected chi connectivity index (χ3v) is 6.71. The van der Waals surface area contributed by atoms with Crippen molar-refractivity contribution in [1.82, 2.24) is 10.2 Å². The number of furan rings is 1. The first-order chi connectivity index (χ1) is 17.2. The molecule has 2 heterocycles. The van der Waals surface area contributed by atoms with Crippen LogP contribution in [0, 0.1) is 0 Å². The van der Waals surface area contributed by atoms with E-state index in [0.717, 1.165) is 71.5 Å². The van der Waals surface area contributed by atoms with Crippen LogP contribution in [0.4, 0.5) is 5.69 Å². The first-order valence-corrected chi connectivity index (χ1v) is 12.1. The summed E-state index contributed by atoms with van der Waals surface area (Å²) >= 11 is 0. The third kappa shape index (κ3) is 4.44. The van der Waals surface area contributed by atoms with E-state index in [1.807, 2.05) is 72.8 Å². The van der Waals surface area contributed by atoms with Gasteiger partial charge in [0.15, 0.2) is 0 Å². The summed E-state index contributed by atoms with van der Waals surface area (Å²) in [7, 11) is 0. The molecule has 0 radical (unpaired) electrons. The Balaban J connectivity index is 1.30. The number of amides is 1. The van der Waals surface area contributed by atoms with Crippen LogP contribution in [-0.2, 0) is 6.54 Å². The Bertz CT molecular complexity index is 1510. The molecule has 0 saturated carbocycles. The molecule has 0 aliphatic carbocycles. The van der Waals surface area contributed by atoms with Crippen LogP contribution in [0.3, 0.4) is 0 Å². The second-order valence-corrected chi connectivity index (χ2v) is 9.03. The summed E-state index contributed by atoms with van der Waals surface area (Å²) in [6, 6.07) is 30.0. The quantitative estimate of drug-likeness (QED) is 0.342. The molecule has 5 aromatic rings. The molecule has 1 amide bonds. The van der Waals surface area contributed by atoms with Gasteiger partial charge in [0.05, 0.1) is 5.69 Å². The van der Waals surface area contributed by atoms with Crippen LogP contribution in [0.25, 0.3) is 33.1 Å². The van der Waals surface area contributed by atoms with Crippen LogP contribution >= 0.6 is 0 Å². The lowest BCUT2D eigenvalue weighted by molar-refractivity contribution is 0.102. The molecule has 0 bridgehead atoms. The van der Waals surface area contributed by atoms with Crippen LogP contribution in [-0.4, -0.2) is 37.0 Å². The fourth-order valence-corrected chi connectivity index (χ4v) is 4.83. The first kappa shape index (κ1) is 21.6. The van der Waals surface area contributed by atoms with Crippen molar-refractivity contribution in [1.29, 1.82) is 0 Å². The largest absolute Gasteiger partial charge is 0.456 e. The molecule has 5 nitrogen and oxygen atoms in total. The monoisotopic (exact) mass is 461 g/mol. The molecular weight excluding hydrogens is 434 g/mol. The second-order valence-electron chi connectivity index (χ2n) is 9.03. The summed E-state index contributed by atoms with van der Waals surface area (Å²) in [4.78, 5) is 15.6. The minimum atomic E-state index is -0.140. The van der Waals surface area contributed by atoms with Gasteiger partial charge in [0.25, 0.3) is 5.91 Å². The van der Waals surface area contributed by atoms with E-state index < -0.39 is 0 Å². The van der Waals surface area contributed by atoms with Crippen molar-refractivity contribution in [2.24, 2.45) is 0 Å². The van der Waals surface area contributed by atoms with Gasteiger partial charge in [0, 0.05) is 49.2 Å². The van der Waals surface area contributed by atoms with Gasteiger partial charge >= 0.3 is 0 Å². The number of para-hydroxylation sites is 1. The molecular formula is C30H27N3O2. The summed E-state index contributed by atoms with van der Waals surface area (Å²) in [6.07, 6.45) is 0. The van der Waals surface area contributed by atoms with Crippen molar-refractivity contribution >= 4 is 33.3 Å². The number of carbonyl (C=O) groups excluding carboxylic acids is 1. The predicted octanol–water partition coefficient (Wildman–Crippen LogP) is 5.91. The highest BCUT2D eigenvalue weighted by atomic mass is 16.3. The highest BCUT2D eigenvalue weighted by Crippen LogP contribution is 2.34. The second kappa shape index (κ2) is 9.37. The van der Waals surface area contributed by atoms with E-state index in [1.54, 1.807) is 0 Å². The summed E-state index contributed by atoms with van der Waals surface area (Å²) in [5, 5.41) is 9.79. The lowest BCUT2D eigenvalue weighted by atomic mass is 10.1. The van der Waals surface area contributed by atoms with Crippen molar-refractivity contribution < 1.29 is 9.21 Å². The summed E-state index contributed by atoms with van der Waals surface area (Å²) in [6.45, 7) is 5.04. The SMILES string of the molecule is O=C(Nc1ccccc1-c1cc2c(CN3CCNCC3)cccc2o1)c1ccc2ccccc2c1. The zero-order valence-electron chi connectivity index (χ0n) is 19.5. The maximum atomic E-state index is 13.1. The van der Waals surface area contributed by atoms with Crippen LogP contribution in [0.15, 0.2) is 95.4 Å². The van der Waals surface area contributed by atoms with Crippen LogP contribution in [0.1, 0.15) is 15.9 Å². The van der Waals surface area contributed by atoms with Crippen molar-refractivity contribution in [2.45, 2.75) is 6.54 Å². The molecule has 1 saturated heterocycles. The number of anilines is 1. The number of nitrogens with one attached hydrogen (secondary N) is 2. The first-order valence-electron chi connectivity index (χ1n) is 12.1. The van der Waals surface area contributed by atoms with Crippen molar-refractivity contribution in [3.05, 3.63) is 102 Å². The smallest absolute Gasteiger partial charge is 0.255 e. The molecule has 2 N–H and O–H groups in total. The Morgan fingerprint density at radius 3 is 2.54 bits per heavy atom. The number of benzene rings is 4. The standard InChI is InChI=1S/C30H27N3O2/c34-30(23-13-12-21-6-1-2-7-22(21)18-23)32-27-10-4-3-9-25(27)29-19-26-24(8-5-11-28(26)35-29)20-33-16-14-31-15-17-33/h1-13,18-19,31H,14-17,20H2,(H,32,34). The van der Waals surface area contributed by atoms with Gasteiger partial charge in [-0.15, -0.1) is 0 Å². The number of fused-ring (bicyclic) bond motifs is 2. The minimum absolute atomic E-state index is 0.140. The zero-order valence-corrected chi connectivity index (χ0v) is 19.5. The van der Waals surface area contributed by atoms with Crippen molar-refractivity contribution in [2.75, 3.05) is 31.5 Å². The molecule has 0 unspecified atom stereocenters. The Labute approximate surface area is 204 Å². The van der Waals surface area contributed by atoms with E-state index in [2.05, 4.69) is 33.7 Å². The third-order valence-electron chi connectivity index (χ3n) is 6.71. The summed E-state index contributed by atoms with van der Waals surface area (Å²) in [5.41, 5.74) is 4.35. The number of hydrogen-bond donors (Lipinski definition) is 2. The Kier molecular flexibility index (Phi) is 5.78. The van der Waals surface area contributed by atoms with E-state index in [9.17, 15) is 4.79 Å². The van der Waals surface area contributed by atoms with E-state index in [-0.39, 0.29) is 5.91 Å². The molecule has 174 valence electrons. The number of rotatable bonds is 5. The van der Waals surface area contributed by atoms with Gasteiger partial charge in [0.2, 0.25) is 0 Å². The fourth-order valence-electron chi connectivity index (χ4n) is 4.83. The topological polar surface area (TPSA) is 57.5 Å². The van der Waals surface area contributed by atoms with E-state index >= 15 is 0 Å². The average molecular weight is 462 g/mol. The van der Waals surface area contributed by atoms with E-state index in [1.165, 1.54) is 5.56 Å². The van der Waals surface area contributed by atoms with Crippen LogP contribution in [0.2, 0.25) is 0 Å². The molecule has 0 atom stereocenters. The van der Waals surface area contributed by atoms with Gasteiger partial charge in [-0.1, -0.05) is 54.6 Å². The van der Waals surface area contributed by atoms with Crippen LogP contribution < -0.4 is 10.6 Å². The predicted molar refractivity (Wildman–Crippen MR) is 142 cm³/mol. The molecule has 0 spiro atoms. The Hall–Kier alpha value is -3.93. The van der Waals surface area contributed by atoms with Crippen molar-refractivity contribution in [3.63, 3.8) is 0 Å². The normalized spacial score (nSPS) is 14.4. The van der Waals surface area contributed by atoms with Gasteiger partial charge in [-0.25, -0.2) is 0 Å². The molecule has 35 heavy (non-hydrogen) atoms. The zero-order chi connectivity index (χ0) is 23.6. The molecule has 1 aliphatic heterocycles. The molecule has 1 aliphatic rings. The lowest BCUT2D eigenvalue weighted by Crippen LogP contribution is -2.42. The maximum Gasteiger partial charge on any atom is 0.255 e. The van der Waals surface area contributed by atoms with Crippen LogP contribution in [0.5, 0.6) is 0 Å². The Morgan fingerprint density at radius 1 is 0.857 bits per heavy atom.